The largest absolute Gasteiger partial charge is 0.376 e. The Morgan fingerprint density at radius 1 is 1.24 bits per heavy atom. The number of amides is 2. The van der Waals surface area contributed by atoms with E-state index in [2.05, 4.69) is 20.9 Å². The molecule has 7 nitrogen and oxygen atoms in total. The predicted octanol–water partition coefficient (Wildman–Crippen LogP) is 1.70. The van der Waals surface area contributed by atoms with Gasteiger partial charge in [0, 0.05) is 43.9 Å². The molecule has 0 spiro atoms. The minimum atomic E-state index is -0.317. The smallest absolute Gasteiger partial charge is 0.269 e. The van der Waals surface area contributed by atoms with Gasteiger partial charge in [-0.1, -0.05) is 37.3 Å². The van der Waals surface area contributed by atoms with Crippen molar-refractivity contribution in [3.8, 4) is 0 Å². The highest BCUT2D eigenvalue weighted by Crippen LogP contribution is 2.23. The lowest BCUT2D eigenvalue weighted by Gasteiger charge is -2.23. The van der Waals surface area contributed by atoms with Gasteiger partial charge in [-0.3, -0.25) is 9.59 Å². The molecule has 1 aliphatic rings. The van der Waals surface area contributed by atoms with Gasteiger partial charge in [-0.2, -0.15) is 0 Å². The second-order valence-electron chi connectivity index (χ2n) is 7.12. The summed E-state index contributed by atoms with van der Waals surface area (Å²) in [4.78, 5) is 29.4. The van der Waals surface area contributed by atoms with E-state index in [0.29, 0.717) is 24.4 Å². The molecule has 29 heavy (non-hydrogen) atoms. The number of hydrogen-bond donors (Lipinski definition) is 3. The van der Waals surface area contributed by atoms with E-state index in [9.17, 15) is 9.59 Å². The van der Waals surface area contributed by atoms with Crippen molar-refractivity contribution in [3.05, 3.63) is 65.0 Å². The van der Waals surface area contributed by atoms with E-state index >= 15 is 0 Å². The topological polar surface area (TPSA) is 92.4 Å². The summed E-state index contributed by atoms with van der Waals surface area (Å²) in [6.07, 6.45) is 0.843. The van der Waals surface area contributed by atoms with Crippen LogP contribution in [0.5, 0.6) is 0 Å². The van der Waals surface area contributed by atoms with Gasteiger partial charge in [0.25, 0.3) is 11.8 Å². The lowest BCUT2D eigenvalue weighted by atomic mass is 9.96. The Kier molecular flexibility index (Phi) is 7.32. The van der Waals surface area contributed by atoms with Crippen molar-refractivity contribution in [2.45, 2.75) is 25.4 Å². The summed E-state index contributed by atoms with van der Waals surface area (Å²) < 4.78 is 5.65. The summed E-state index contributed by atoms with van der Waals surface area (Å²) in [5.41, 5.74) is 2.42. The van der Waals surface area contributed by atoms with Crippen molar-refractivity contribution in [3.63, 3.8) is 0 Å². The standard InChI is InChI=1S/C22H28N4O3/c1-15(16-6-4-3-5-7-16)19-12-17(13-20(26-19)22(28)23-2)21(27)25-9-8-18-14-24-10-11-29-18/h3-7,12-13,15,18,24H,8-11,14H2,1-2H3,(H,23,28)(H,25,27)/t15?,18-/m0/s1. The first kappa shape index (κ1) is 21.0. The minimum absolute atomic E-state index is 0.0472. The van der Waals surface area contributed by atoms with Crippen LogP contribution in [0.3, 0.4) is 0 Å². The van der Waals surface area contributed by atoms with E-state index in [1.54, 1.807) is 13.1 Å². The molecular formula is C22H28N4O3. The summed E-state index contributed by atoms with van der Waals surface area (Å²) >= 11 is 0. The molecule has 3 rings (SSSR count). The van der Waals surface area contributed by atoms with Gasteiger partial charge >= 0.3 is 0 Å². The molecule has 0 aliphatic carbocycles. The van der Waals surface area contributed by atoms with Gasteiger partial charge in [0.05, 0.1) is 12.7 Å². The molecular weight excluding hydrogens is 368 g/mol. The van der Waals surface area contributed by atoms with Crippen LogP contribution in [0.1, 0.15) is 51.4 Å². The number of aromatic nitrogens is 1. The third kappa shape index (κ3) is 5.62. The third-order valence-corrected chi connectivity index (χ3v) is 5.07. The Bertz CT molecular complexity index is 835. The molecule has 0 saturated carbocycles. The lowest BCUT2D eigenvalue weighted by molar-refractivity contribution is 0.0239. The number of carbonyl (C=O) groups excluding carboxylic acids is 2. The molecule has 0 radical (unpaired) electrons. The first-order chi connectivity index (χ1) is 14.1. The highest BCUT2D eigenvalue weighted by Gasteiger charge is 2.19. The Morgan fingerprint density at radius 3 is 2.72 bits per heavy atom. The summed E-state index contributed by atoms with van der Waals surface area (Å²) in [7, 11) is 1.55. The van der Waals surface area contributed by atoms with Crippen LogP contribution in [0, 0.1) is 0 Å². The van der Waals surface area contributed by atoms with Crippen molar-refractivity contribution >= 4 is 11.8 Å². The summed E-state index contributed by atoms with van der Waals surface area (Å²) in [5.74, 6) is -0.584. The monoisotopic (exact) mass is 396 g/mol. The zero-order valence-electron chi connectivity index (χ0n) is 16.9. The molecule has 1 saturated heterocycles. The SMILES string of the molecule is CNC(=O)c1cc(C(=O)NCC[C@H]2CNCCO2)cc(C(C)c2ccccc2)n1. The highest BCUT2D eigenvalue weighted by atomic mass is 16.5. The van der Waals surface area contributed by atoms with Gasteiger partial charge in [0.2, 0.25) is 0 Å². The van der Waals surface area contributed by atoms with Crippen LogP contribution in [0.2, 0.25) is 0 Å². The molecule has 1 aromatic heterocycles. The van der Waals surface area contributed by atoms with Crippen molar-refractivity contribution in [2.24, 2.45) is 0 Å². The Balaban J connectivity index is 1.75. The molecule has 2 heterocycles. The number of nitrogens with zero attached hydrogens (tertiary/aromatic N) is 1. The van der Waals surface area contributed by atoms with E-state index in [0.717, 1.165) is 25.1 Å². The number of nitrogens with one attached hydrogen (secondary N) is 3. The van der Waals surface area contributed by atoms with E-state index in [1.807, 2.05) is 37.3 Å². The van der Waals surface area contributed by atoms with Gasteiger partial charge in [-0.15, -0.1) is 0 Å². The average Bonchev–Trinajstić information content (AvgIpc) is 2.79. The molecule has 7 heteroatoms. The molecule has 1 fully saturated rings. The number of ether oxygens (including phenoxy) is 1. The van der Waals surface area contributed by atoms with Crippen molar-refractivity contribution in [1.82, 2.24) is 20.9 Å². The Hall–Kier alpha value is -2.77. The van der Waals surface area contributed by atoms with Crippen molar-refractivity contribution in [2.75, 3.05) is 33.3 Å². The quantitative estimate of drug-likeness (QED) is 0.663. The van der Waals surface area contributed by atoms with Crippen LogP contribution >= 0.6 is 0 Å². The fraction of sp³-hybridized carbons (Fsp3) is 0.409. The maximum absolute atomic E-state index is 12.7. The van der Waals surface area contributed by atoms with E-state index in [4.69, 9.17) is 4.74 Å². The van der Waals surface area contributed by atoms with Crippen LogP contribution < -0.4 is 16.0 Å². The van der Waals surface area contributed by atoms with Crippen LogP contribution in [0.15, 0.2) is 42.5 Å². The van der Waals surface area contributed by atoms with Gasteiger partial charge < -0.3 is 20.7 Å². The van der Waals surface area contributed by atoms with Crippen LogP contribution in [-0.4, -0.2) is 56.2 Å². The zero-order valence-corrected chi connectivity index (χ0v) is 16.9. The normalized spacial score (nSPS) is 17.4. The maximum Gasteiger partial charge on any atom is 0.269 e. The van der Waals surface area contributed by atoms with Crippen LogP contribution in [0.4, 0.5) is 0 Å². The number of rotatable bonds is 7. The number of morpholine rings is 1. The zero-order chi connectivity index (χ0) is 20.6. The molecule has 1 aromatic carbocycles. The van der Waals surface area contributed by atoms with Crippen molar-refractivity contribution < 1.29 is 14.3 Å². The second-order valence-corrected chi connectivity index (χ2v) is 7.12. The number of pyridine rings is 1. The fourth-order valence-corrected chi connectivity index (χ4v) is 3.32. The van der Waals surface area contributed by atoms with Gasteiger partial charge in [0.15, 0.2) is 0 Å². The molecule has 0 bridgehead atoms. The van der Waals surface area contributed by atoms with E-state index < -0.39 is 0 Å². The summed E-state index contributed by atoms with van der Waals surface area (Å²) in [5, 5.41) is 8.79. The minimum Gasteiger partial charge on any atom is -0.376 e. The van der Waals surface area contributed by atoms with Crippen molar-refractivity contribution in [1.29, 1.82) is 0 Å². The molecule has 1 unspecified atom stereocenters. The Morgan fingerprint density at radius 2 is 2.03 bits per heavy atom. The first-order valence-electron chi connectivity index (χ1n) is 9.98. The fourth-order valence-electron chi connectivity index (χ4n) is 3.32. The molecule has 2 amide bonds. The van der Waals surface area contributed by atoms with Gasteiger partial charge in [-0.25, -0.2) is 4.98 Å². The predicted molar refractivity (Wildman–Crippen MR) is 111 cm³/mol. The first-order valence-corrected chi connectivity index (χ1v) is 9.98. The Labute approximate surface area is 171 Å². The summed E-state index contributed by atoms with van der Waals surface area (Å²) in [6.45, 7) is 4.88. The lowest BCUT2D eigenvalue weighted by Crippen LogP contribution is -2.40. The van der Waals surface area contributed by atoms with E-state index in [1.165, 1.54) is 6.07 Å². The average molecular weight is 396 g/mol. The number of benzene rings is 1. The highest BCUT2D eigenvalue weighted by molar-refractivity contribution is 5.98. The third-order valence-electron chi connectivity index (χ3n) is 5.07. The maximum atomic E-state index is 12.7. The molecule has 1 aliphatic heterocycles. The number of carbonyl (C=O) groups is 2. The van der Waals surface area contributed by atoms with Crippen LogP contribution in [-0.2, 0) is 4.74 Å². The van der Waals surface area contributed by atoms with Gasteiger partial charge in [-0.05, 0) is 24.1 Å². The second kappa shape index (κ2) is 10.1. The number of hydrogen-bond acceptors (Lipinski definition) is 5. The summed E-state index contributed by atoms with van der Waals surface area (Å²) in [6, 6.07) is 13.2. The molecule has 2 aromatic rings. The molecule has 3 N–H and O–H groups in total. The van der Waals surface area contributed by atoms with Crippen LogP contribution in [0.25, 0.3) is 0 Å². The van der Waals surface area contributed by atoms with Gasteiger partial charge in [0.1, 0.15) is 5.69 Å². The van der Waals surface area contributed by atoms with E-state index in [-0.39, 0.29) is 29.5 Å². The molecule has 154 valence electrons. The molecule has 2 atom stereocenters.